The molecule has 0 aromatic carbocycles. The van der Waals surface area contributed by atoms with E-state index in [0.29, 0.717) is 6.42 Å². The first-order valence-corrected chi connectivity index (χ1v) is 7.07. The normalized spacial score (nSPS) is 11.5. The van der Waals surface area contributed by atoms with Gasteiger partial charge < -0.3 is 15.3 Å². The molecule has 0 spiro atoms. The van der Waals surface area contributed by atoms with Gasteiger partial charge in [0.2, 0.25) is 11.8 Å². The summed E-state index contributed by atoms with van der Waals surface area (Å²) in [6, 6.07) is 2.70. The van der Waals surface area contributed by atoms with Gasteiger partial charge in [0.25, 0.3) is 0 Å². The quantitative estimate of drug-likeness (QED) is 0.726. The molecule has 1 atom stereocenters. The summed E-state index contributed by atoms with van der Waals surface area (Å²) < 4.78 is 0. The zero-order chi connectivity index (χ0) is 16.5. The third-order valence-corrected chi connectivity index (χ3v) is 3.25. The second-order valence-corrected chi connectivity index (χ2v) is 4.94. The maximum atomic E-state index is 12.3. The highest BCUT2D eigenvalue weighted by atomic mass is 16.4. The molecule has 120 valence electrons. The van der Waals surface area contributed by atoms with Crippen molar-refractivity contribution < 1.29 is 19.5 Å². The molecule has 0 bridgehead atoms. The molecule has 0 aliphatic rings. The highest BCUT2D eigenvalue weighted by Crippen LogP contribution is 2.07. The van der Waals surface area contributed by atoms with Gasteiger partial charge in [-0.05, 0) is 31.0 Å². The highest BCUT2D eigenvalue weighted by molar-refractivity contribution is 5.83. The molecule has 2 N–H and O–H groups in total. The smallest absolute Gasteiger partial charge is 0.326 e. The van der Waals surface area contributed by atoms with Crippen LogP contribution in [0.1, 0.15) is 25.8 Å². The largest absolute Gasteiger partial charge is 0.480 e. The summed E-state index contributed by atoms with van der Waals surface area (Å²) in [5.74, 6) is -1.54. The summed E-state index contributed by atoms with van der Waals surface area (Å²) in [6.07, 6.45) is 4.02. The second kappa shape index (κ2) is 8.76. The molecule has 7 nitrogen and oxygen atoms in total. The Morgan fingerprint density at radius 2 is 1.95 bits per heavy atom. The van der Waals surface area contributed by atoms with Gasteiger partial charge in [-0.15, -0.1) is 0 Å². The predicted octanol–water partition coefficient (Wildman–Crippen LogP) is 0.452. The van der Waals surface area contributed by atoms with Crippen molar-refractivity contribution in [3.63, 3.8) is 0 Å². The molecular weight excluding hydrogens is 286 g/mol. The third kappa shape index (κ3) is 5.90. The van der Waals surface area contributed by atoms with Gasteiger partial charge in [-0.1, -0.05) is 0 Å². The van der Waals surface area contributed by atoms with E-state index in [1.54, 1.807) is 12.4 Å². The van der Waals surface area contributed by atoms with E-state index in [-0.39, 0.29) is 31.3 Å². The molecule has 1 aromatic rings. The number of hydrogen-bond acceptors (Lipinski definition) is 4. The average Bonchev–Trinajstić information content (AvgIpc) is 2.49. The van der Waals surface area contributed by atoms with Crippen molar-refractivity contribution in [3.8, 4) is 0 Å². The first kappa shape index (κ1) is 17.6. The standard InChI is InChI=1S/C15H21N3O4/c1-11(15(21)22)18(10-9-17-12(2)19)14(20)4-3-13-5-7-16-8-6-13/h5-8,11H,3-4,9-10H2,1-2H3,(H,17,19)(H,21,22). The predicted molar refractivity (Wildman–Crippen MR) is 80.1 cm³/mol. The molecule has 0 saturated carbocycles. The molecular formula is C15H21N3O4. The fourth-order valence-electron chi connectivity index (χ4n) is 1.96. The van der Waals surface area contributed by atoms with Gasteiger partial charge in [-0.3, -0.25) is 14.6 Å². The molecule has 1 rings (SSSR count). The van der Waals surface area contributed by atoms with Crippen molar-refractivity contribution in [3.05, 3.63) is 30.1 Å². The van der Waals surface area contributed by atoms with Gasteiger partial charge in [0, 0.05) is 38.8 Å². The Balaban J connectivity index is 2.62. The van der Waals surface area contributed by atoms with Crippen LogP contribution in [0, 0.1) is 0 Å². The Labute approximate surface area is 129 Å². The van der Waals surface area contributed by atoms with E-state index >= 15 is 0 Å². The Morgan fingerprint density at radius 3 is 2.50 bits per heavy atom. The number of rotatable bonds is 8. The van der Waals surface area contributed by atoms with Crippen LogP contribution in [0.3, 0.4) is 0 Å². The molecule has 0 radical (unpaired) electrons. The van der Waals surface area contributed by atoms with Gasteiger partial charge in [-0.25, -0.2) is 4.79 Å². The fourth-order valence-corrected chi connectivity index (χ4v) is 1.96. The molecule has 0 aliphatic heterocycles. The van der Waals surface area contributed by atoms with E-state index in [2.05, 4.69) is 10.3 Å². The molecule has 22 heavy (non-hydrogen) atoms. The molecule has 1 unspecified atom stereocenters. The SMILES string of the molecule is CC(=O)NCCN(C(=O)CCc1ccncc1)C(C)C(=O)O. The number of aromatic nitrogens is 1. The fraction of sp³-hybridized carbons (Fsp3) is 0.467. The Kier molecular flexibility index (Phi) is 7.01. The van der Waals surface area contributed by atoms with E-state index < -0.39 is 12.0 Å². The molecule has 1 aromatic heterocycles. The number of carboxylic acid groups (broad SMARTS) is 1. The number of nitrogens with zero attached hydrogens (tertiary/aromatic N) is 2. The average molecular weight is 307 g/mol. The number of carbonyl (C=O) groups excluding carboxylic acids is 2. The van der Waals surface area contributed by atoms with Gasteiger partial charge in [0.1, 0.15) is 6.04 Å². The van der Waals surface area contributed by atoms with E-state index in [4.69, 9.17) is 5.11 Å². The van der Waals surface area contributed by atoms with Crippen LogP contribution in [0.15, 0.2) is 24.5 Å². The second-order valence-electron chi connectivity index (χ2n) is 4.94. The maximum Gasteiger partial charge on any atom is 0.326 e. The van der Waals surface area contributed by atoms with Crippen LogP contribution in [0.2, 0.25) is 0 Å². The Morgan fingerprint density at radius 1 is 1.32 bits per heavy atom. The molecule has 0 saturated heterocycles. The first-order valence-electron chi connectivity index (χ1n) is 7.07. The van der Waals surface area contributed by atoms with E-state index in [1.807, 2.05) is 12.1 Å². The van der Waals surface area contributed by atoms with Crippen molar-refractivity contribution in [1.82, 2.24) is 15.2 Å². The molecule has 1 heterocycles. The number of pyridine rings is 1. The number of aryl methyl sites for hydroxylation is 1. The van der Waals surface area contributed by atoms with Crippen LogP contribution in [-0.2, 0) is 20.8 Å². The lowest BCUT2D eigenvalue weighted by Crippen LogP contribution is -2.46. The third-order valence-electron chi connectivity index (χ3n) is 3.25. The lowest BCUT2D eigenvalue weighted by molar-refractivity contribution is -0.149. The lowest BCUT2D eigenvalue weighted by Gasteiger charge is -2.26. The summed E-state index contributed by atoms with van der Waals surface area (Å²) in [4.78, 5) is 39.5. The minimum absolute atomic E-state index is 0.169. The van der Waals surface area contributed by atoms with Crippen LogP contribution < -0.4 is 5.32 Å². The zero-order valence-electron chi connectivity index (χ0n) is 12.8. The minimum atomic E-state index is -1.07. The number of carbonyl (C=O) groups is 3. The number of amides is 2. The van der Waals surface area contributed by atoms with Gasteiger partial charge in [0.05, 0.1) is 0 Å². The summed E-state index contributed by atoms with van der Waals surface area (Å²) in [6.45, 7) is 3.23. The highest BCUT2D eigenvalue weighted by Gasteiger charge is 2.24. The summed E-state index contributed by atoms with van der Waals surface area (Å²) in [5, 5.41) is 11.7. The number of aliphatic carboxylic acids is 1. The first-order chi connectivity index (χ1) is 10.4. The Bertz CT molecular complexity index is 519. The van der Waals surface area contributed by atoms with Crippen LogP contribution in [-0.4, -0.2) is 51.9 Å². The van der Waals surface area contributed by atoms with E-state index in [1.165, 1.54) is 18.7 Å². The monoisotopic (exact) mass is 307 g/mol. The van der Waals surface area contributed by atoms with Gasteiger partial charge in [0.15, 0.2) is 0 Å². The van der Waals surface area contributed by atoms with Crippen molar-refractivity contribution in [2.45, 2.75) is 32.7 Å². The van der Waals surface area contributed by atoms with Gasteiger partial charge in [-0.2, -0.15) is 0 Å². The van der Waals surface area contributed by atoms with Crippen molar-refractivity contribution in [2.75, 3.05) is 13.1 Å². The number of carboxylic acids is 1. The van der Waals surface area contributed by atoms with Crippen LogP contribution in [0.4, 0.5) is 0 Å². The molecule has 0 aliphatic carbocycles. The Hall–Kier alpha value is -2.44. The molecule has 0 fully saturated rings. The van der Waals surface area contributed by atoms with Gasteiger partial charge >= 0.3 is 5.97 Å². The topological polar surface area (TPSA) is 99.6 Å². The van der Waals surface area contributed by atoms with Crippen molar-refractivity contribution in [2.24, 2.45) is 0 Å². The minimum Gasteiger partial charge on any atom is -0.480 e. The zero-order valence-corrected chi connectivity index (χ0v) is 12.8. The van der Waals surface area contributed by atoms with E-state index in [9.17, 15) is 14.4 Å². The summed E-state index contributed by atoms with van der Waals surface area (Å²) in [7, 11) is 0. The van der Waals surface area contributed by atoms with Crippen LogP contribution in [0.25, 0.3) is 0 Å². The molecule has 7 heteroatoms. The summed E-state index contributed by atoms with van der Waals surface area (Å²) in [5.41, 5.74) is 0.966. The van der Waals surface area contributed by atoms with E-state index in [0.717, 1.165) is 5.56 Å². The number of hydrogen-bond donors (Lipinski definition) is 2. The maximum absolute atomic E-state index is 12.3. The van der Waals surface area contributed by atoms with Crippen molar-refractivity contribution in [1.29, 1.82) is 0 Å². The van der Waals surface area contributed by atoms with Crippen LogP contribution in [0.5, 0.6) is 0 Å². The summed E-state index contributed by atoms with van der Waals surface area (Å²) >= 11 is 0. The van der Waals surface area contributed by atoms with Crippen LogP contribution >= 0.6 is 0 Å². The lowest BCUT2D eigenvalue weighted by atomic mass is 10.1. The number of nitrogens with one attached hydrogen (secondary N) is 1. The molecule has 2 amide bonds. The van der Waals surface area contributed by atoms with Crippen molar-refractivity contribution >= 4 is 17.8 Å².